The molecule has 6 heteroatoms. The summed E-state index contributed by atoms with van der Waals surface area (Å²) in [7, 11) is 3.51. The monoisotopic (exact) mass is 399 g/mol. The van der Waals surface area contributed by atoms with Gasteiger partial charge in [-0.1, -0.05) is 5.57 Å². The van der Waals surface area contributed by atoms with E-state index in [0.29, 0.717) is 28.1 Å². The lowest BCUT2D eigenvalue weighted by Crippen LogP contribution is -2.12. The Morgan fingerprint density at radius 3 is 2.43 bits per heavy atom. The topological polar surface area (TPSA) is 63.6 Å². The van der Waals surface area contributed by atoms with Crippen LogP contribution in [0.15, 0.2) is 52.4 Å². The molecule has 3 rings (SSSR count). The van der Waals surface area contributed by atoms with Crippen molar-refractivity contribution in [2.24, 2.45) is 0 Å². The Morgan fingerprint density at radius 1 is 1.25 bits per heavy atom. The molecular formula is C22H22FNO3S. The zero-order valence-electron chi connectivity index (χ0n) is 16.2. The van der Waals surface area contributed by atoms with Crippen LogP contribution in [0.5, 0.6) is 0 Å². The number of allylic oxidation sites excluding steroid dienone is 1. The van der Waals surface area contributed by atoms with Gasteiger partial charge in [0.25, 0.3) is 0 Å². The van der Waals surface area contributed by atoms with E-state index >= 15 is 0 Å². The van der Waals surface area contributed by atoms with Crippen molar-refractivity contribution >= 4 is 34.5 Å². The van der Waals surface area contributed by atoms with E-state index < -0.39 is 17.1 Å². The number of aliphatic carboxylic acids is 1. The SMILES string of the molecule is CC1=C(C(=Cc2ccc([S+](C)[O-])cc2)C(=O)O)c2cc(N(C)C)c(F)cc2C1. The Bertz CT molecular complexity index is 992. The number of fused-ring (bicyclic) bond motifs is 1. The fourth-order valence-corrected chi connectivity index (χ4v) is 3.99. The Labute approximate surface area is 167 Å². The van der Waals surface area contributed by atoms with Crippen molar-refractivity contribution in [2.45, 2.75) is 18.2 Å². The van der Waals surface area contributed by atoms with Crippen LogP contribution in [0.25, 0.3) is 11.6 Å². The maximum absolute atomic E-state index is 14.3. The molecule has 0 saturated heterocycles. The first kappa shape index (κ1) is 20.2. The molecule has 1 aliphatic carbocycles. The zero-order chi connectivity index (χ0) is 20.6. The lowest BCUT2D eigenvalue weighted by atomic mass is 9.95. The lowest BCUT2D eigenvalue weighted by molar-refractivity contribution is -0.132. The van der Waals surface area contributed by atoms with Gasteiger partial charge < -0.3 is 14.6 Å². The van der Waals surface area contributed by atoms with E-state index in [1.54, 1.807) is 61.7 Å². The number of carbonyl (C=O) groups is 1. The van der Waals surface area contributed by atoms with Crippen LogP contribution in [0, 0.1) is 5.82 Å². The van der Waals surface area contributed by atoms with Gasteiger partial charge in [-0.3, -0.25) is 0 Å². The van der Waals surface area contributed by atoms with Crippen molar-refractivity contribution in [3.63, 3.8) is 0 Å². The molecule has 0 spiro atoms. The van der Waals surface area contributed by atoms with Gasteiger partial charge in [0.05, 0.1) is 11.3 Å². The molecule has 0 heterocycles. The molecule has 0 saturated carbocycles. The number of hydrogen-bond donors (Lipinski definition) is 1. The highest BCUT2D eigenvalue weighted by Gasteiger charge is 2.27. The first-order valence-corrected chi connectivity index (χ1v) is 10.3. The van der Waals surface area contributed by atoms with Gasteiger partial charge in [0, 0.05) is 14.1 Å². The van der Waals surface area contributed by atoms with Crippen molar-refractivity contribution in [1.82, 2.24) is 0 Å². The predicted octanol–water partition coefficient (Wildman–Crippen LogP) is 4.13. The lowest BCUT2D eigenvalue weighted by Gasteiger charge is -2.17. The van der Waals surface area contributed by atoms with Gasteiger partial charge in [0.1, 0.15) is 12.1 Å². The fourth-order valence-electron chi connectivity index (χ4n) is 3.47. The minimum absolute atomic E-state index is 0.165. The first-order chi connectivity index (χ1) is 13.2. The van der Waals surface area contributed by atoms with Crippen LogP contribution < -0.4 is 4.90 Å². The highest BCUT2D eigenvalue weighted by atomic mass is 32.2. The molecule has 1 N–H and O–H groups in total. The van der Waals surface area contributed by atoms with Gasteiger partial charge in [-0.15, -0.1) is 0 Å². The molecule has 4 nitrogen and oxygen atoms in total. The van der Waals surface area contributed by atoms with E-state index in [4.69, 9.17) is 0 Å². The molecule has 28 heavy (non-hydrogen) atoms. The second kappa shape index (κ2) is 7.81. The van der Waals surface area contributed by atoms with Gasteiger partial charge in [-0.05, 0) is 89.3 Å². The molecule has 1 atom stereocenters. The summed E-state index contributed by atoms with van der Waals surface area (Å²) in [5.74, 6) is -1.36. The number of carboxylic acids is 1. The number of anilines is 1. The van der Waals surface area contributed by atoms with Crippen LogP contribution in [-0.2, 0) is 22.4 Å². The third-order valence-electron chi connectivity index (χ3n) is 4.83. The minimum Gasteiger partial charge on any atom is -0.612 e. The van der Waals surface area contributed by atoms with Gasteiger partial charge in [0.15, 0.2) is 4.90 Å². The average Bonchev–Trinajstić information content (AvgIpc) is 2.93. The largest absolute Gasteiger partial charge is 0.612 e. The fraction of sp³-hybridized carbons (Fsp3) is 0.227. The standard InChI is InChI=1S/C22H22FNO3S/c1-13-9-15-11-19(23)20(24(2)3)12-17(15)21(13)18(22(25)26)10-14-5-7-16(8-6-14)28(4)27/h5-8,10-12H,9H2,1-4H3,(H,25,26). The average molecular weight is 399 g/mol. The van der Waals surface area contributed by atoms with Gasteiger partial charge in [-0.2, -0.15) is 0 Å². The van der Waals surface area contributed by atoms with E-state index in [2.05, 4.69) is 0 Å². The second-order valence-corrected chi connectivity index (χ2v) is 8.45. The van der Waals surface area contributed by atoms with Crippen LogP contribution >= 0.6 is 0 Å². The summed E-state index contributed by atoms with van der Waals surface area (Å²) in [6, 6.07) is 10.2. The minimum atomic E-state index is -1.09. The van der Waals surface area contributed by atoms with Gasteiger partial charge >= 0.3 is 5.97 Å². The Hall–Kier alpha value is -2.57. The van der Waals surface area contributed by atoms with Crippen molar-refractivity contribution in [3.05, 3.63) is 70.1 Å². The number of nitrogens with zero attached hydrogens (tertiary/aromatic N) is 1. The van der Waals surface area contributed by atoms with Crippen molar-refractivity contribution in [1.29, 1.82) is 0 Å². The number of carboxylic acid groups (broad SMARTS) is 1. The molecule has 146 valence electrons. The highest BCUT2D eigenvalue weighted by Crippen LogP contribution is 2.40. The number of hydrogen-bond acceptors (Lipinski definition) is 3. The number of halogens is 1. The molecule has 0 aromatic heterocycles. The maximum Gasteiger partial charge on any atom is 0.336 e. The van der Waals surface area contributed by atoms with Crippen LogP contribution in [0.2, 0.25) is 0 Å². The van der Waals surface area contributed by atoms with Gasteiger partial charge in [-0.25, -0.2) is 9.18 Å². The molecule has 1 unspecified atom stereocenters. The van der Waals surface area contributed by atoms with Crippen LogP contribution in [-0.4, -0.2) is 36.0 Å². The zero-order valence-corrected chi connectivity index (χ0v) is 17.1. The quantitative estimate of drug-likeness (QED) is 0.607. The Balaban J connectivity index is 2.10. The highest BCUT2D eigenvalue weighted by molar-refractivity contribution is 7.90. The maximum atomic E-state index is 14.3. The molecule has 0 radical (unpaired) electrons. The summed E-state index contributed by atoms with van der Waals surface area (Å²) in [6.07, 6.45) is 3.73. The predicted molar refractivity (Wildman–Crippen MR) is 111 cm³/mol. The molecule has 0 amide bonds. The van der Waals surface area contributed by atoms with E-state index in [9.17, 15) is 18.8 Å². The molecule has 0 fully saturated rings. The third-order valence-corrected chi connectivity index (χ3v) is 5.76. The van der Waals surface area contributed by atoms with Crippen LogP contribution in [0.4, 0.5) is 10.1 Å². The van der Waals surface area contributed by atoms with Crippen molar-refractivity contribution < 1.29 is 18.8 Å². The smallest absolute Gasteiger partial charge is 0.336 e. The molecule has 0 bridgehead atoms. The van der Waals surface area contributed by atoms with E-state index in [1.165, 1.54) is 6.07 Å². The van der Waals surface area contributed by atoms with Crippen molar-refractivity contribution in [2.75, 3.05) is 25.3 Å². The molecular weight excluding hydrogens is 377 g/mol. The van der Waals surface area contributed by atoms with Crippen LogP contribution in [0.1, 0.15) is 23.6 Å². The van der Waals surface area contributed by atoms with Gasteiger partial charge in [0.2, 0.25) is 0 Å². The number of rotatable bonds is 5. The molecule has 2 aromatic rings. The normalized spacial score (nSPS) is 14.9. The third kappa shape index (κ3) is 3.84. The Kier molecular flexibility index (Phi) is 5.63. The van der Waals surface area contributed by atoms with E-state index in [1.807, 2.05) is 6.92 Å². The second-order valence-electron chi connectivity index (χ2n) is 7.07. The summed E-state index contributed by atoms with van der Waals surface area (Å²) >= 11 is -1.09. The summed E-state index contributed by atoms with van der Waals surface area (Å²) in [5, 5.41) is 9.88. The summed E-state index contributed by atoms with van der Waals surface area (Å²) in [5.41, 5.74) is 4.36. The summed E-state index contributed by atoms with van der Waals surface area (Å²) in [6.45, 7) is 1.88. The van der Waals surface area contributed by atoms with E-state index in [0.717, 1.165) is 16.7 Å². The van der Waals surface area contributed by atoms with Crippen molar-refractivity contribution in [3.8, 4) is 0 Å². The first-order valence-electron chi connectivity index (χ1n) is 8.77. The summed E-state index contributed by atoms with van der Waals surface area (Å²) < 4.78 is 25.9. The molecule has 2 aromatic carbocycles. The van der Waals surface area contributed by atoms with E-state index in [-0.39, 0.29) is 11.4 Å². The molecule has 0 aliphatic heterocycles. The van der Waals surface area contributed by atoms with Crippen LogP contribution in [0.3, 0.4) is 0 Å². The molecule has 1 aliphatic rings. The Morgan fingerprint density at radius 2 is 1.89 bits per heavy atom. The summed E-state index contributed by atoms with van der Waals surface area (Å²) in [4.78, 5) is 14.4. The number of benzene rings is 2.